The molecule has 1 aromatic carbocycles. The summed E-state index contributed by atoms with van der Waals surface area (Å²) in [4.78, 5) is 23.1. The van der Waals surface area contributed by atoms with Gasteiger partial charge in [0.15, 0.2) is 0 Å². The molecular weight excluding hydrogens is 266 g/mol. The molecule has 0 unspecified atom stereocenters. The van der Waals surface area contributed by atoms with Gasteiger partial charge in [0.25, 0.3) is 5.91 Å². The Morgan fingerprint density at radius 3 is 2.24 bits per heavy atom. The van der Waals surface area contributed by atoms with E-state index in [4.69, 9.17) is 5.11 Å². The van der Waals surface area contributed by atoms with Crippen molar-refractivity contribution in [1.82, 2.24) is 5.32 Å². The second-order valence-corrected chi connectivity index (χ2v) is 6.85. The molecule has 0 spiro atoms. The van der Waals surface area contributed by atoms with Gasteiger partial charge in [-0.2, -0.15) is 0 Å². The molecule has 1 saturated carbocycles. The molecule has 1 aromatic rings. The standard InChI is InChI=1S/C17H23NO3/c1-17(2,3)13-7-4-11(5-8-13)15(19)18-14-9-6-12(10-14)16(20)21/h4-5,7-8,12,14H,6,9-10H2,1-3H3,(H,18,19)(H,20,21)/t12-,14+/m0/s1. The van der Waals surface area contributed by atoms with E-state index in [1.54, 1.807) is 0 Å². The van der Waals surface area contributed by atoms with E-state index in [-0.39, 0.29) is 23.3 Å². The van der Waals surface area contributed by atoms with Gasteiger partial charge in [-0.15, -0.1) is 0 Å². The van der Waals surface area contributed by atoms with Crippen molar-refractivity contribution in [2.75, 3.05) is 0 Å². The van der Waals surface area contributed by atoms with E-state index in [1.165, 1.54) is 5.56 Å². The number of carboxylic acids is 1. The predicted octanol–water partition coefficient (Wildman–Crippen LogP) is 2.97. The van der Waals surface area contributed by atoms with Crippen molar-refractivity contribution in [3.8, 4) is 0 Å². The van der Waals surface area contributed by atoms with Crippen LogP contribution in [-0.4, -0.2) is 23.0 Å². The van der Waals surface area contributed by atoms with Crippen LogP contribution in [0.1, 0.15) is 56.0 Å². The minimum Gasteiger partial charge on any atom is -0.481 e. The molecule has 1 aliphatic rings. The highest BCUT2D eigenvalue weighted by atomic mass is 16.4. The average Bonchev–Trinajstić information content (AvgIpc) is 2.86. The van der Waals surface area contributed by atoms with Gasteiger partial charge in [0.2, 0.25) is 0 Å². The molecule has 2 rings (SSSR count). The minimum atomic E-state index is -0.763. The van der Waals surface area contributed by atoms with Gasteiger partial charge in [-0.05, 0) is 42.4 Å². The van der Waals surface area contributed by atoms with E-state index < -0.39 is 5.97 Å². The Balaban J connectivity index is 1.97. The first-order valence-corrected chi connectivity index (χ1v) is 7.41. The number of nitrogens with one attached hydrogen (secondary N) is 1. The topological polar surface area (TPSA) is 66.4 Å². The van der Waals surface area contributed by atoms with Crippen molar-refractivity contribution in [2.24, 2.45) is 5.92 Å². The smallest absolute Gasteiger partial charge is 0.306 e. The third-order valence-corrected chi connectivity index (χ3v) is 4.13. The summed E-state index contributed by atoms with van der Waals surface area (Å²) in [6.45, 7) is 6.39. The first kappa shape index (κ1) is 15.5. The summed E-state index contributed by atoms with van der Waals surface area (Å²) in [6.07, 6.45) is 1.91. The summed E-state index contributed by atoms with van der Waals surface area (Å²) in [7, 11) is 0. The van der Waals surface area contributed by atoms with Gasteiger partial charge < -0.3 is 10.4 Å². The molecule has 0 aliphatic heterocycles. The third-order valence-electron chi connectivity index (χ3n) is 4.13. The molecule has 21 heavy (non-hydrogen) atoms. The van der Waals surface area contributed by atoms with Gasteiger partial charge in [-0.25, -0.2) is 0 Å². The quantitative estimate of drug-likeness (QED) is 0.899. The van der Waals surface area contributed by atoms with Gasteiger partial charge in [0.05, 0.1) is 5.92 Å². The van der Waals surface area contributed by atoms with Crippen molar-refractivity contribution in [3.05, 3.63) is 35.4 Å². The molecule has 1 aliphatic carbocycles. The zero-order valence-corrected chi connectivity index (χ0v) is 12.8. The number of aliphatic carboxylic acids is 1. The van der Waals surface area contributed by atoms with Crippen LogP contribution in [0.2, 0.25) is 0 Å². The molecule has 4 heteroatoms. The highest BCUT2D eigenvalue weighted by Gasteiger charge is 2.30. The number of carbonyl (C=O) groups is 2. The van der Waals surface area contributed by atoms with Crippen LogP contribution in [0.5, 0.6) is 0 Å². The zero-order chi connectivity index (χ0) is 15.6. The van der Waals surface area contributed by atoms with Crippen molar-refractivity contribution in [3.63, 3.8) is 0 Å². The normalized spacial score (nSPS) is 22.0. The third kappa shape index (κ3) is 3.84. The maximum Gasteiger partial charge on any atom is 0.306 e. The lowest BCUT2D eigenvalue weighted by Crippen LogP contribution is -2.33. The Morgan fingerprint density at radius 1 is 1.14 bits per heavy atom. The van der Waals surface area contributed by atoms with E-state index in [0.29, 0.717) is 18.4 Å². The summed E-state index contributed by atoms with van der Waals surface area (Å²) >= 11 is 0. The van der Waals surface area contributed by atoms with E-state index in [9.17, 15) is 9.59 Å². The summed E-state index contributed by atoms with van der Waals surface area (Å²) in [5.74, 6) is -1.20. The molecular formula is C17H23NO3. The summed E-state index contributed by atoms with van der Waals surface area (Å²) < 4.78 is 0. The molecule has 0 radical (unpaired) electrons. The fourth-order valence-corrected chi connectivity index (χ4v) is 2.73. The number of hydrogen-bond acceptors (Lipinski definition) is 2. The van der Waals surface area contributed by atoms with Gasteiger partial charge in [0.1, 0.15) is 0 Å². The molecule has 114 valence electrons. The highest BCUT2D eigenvalue weighted by Crippen LogP contribution is 2.26. The first-order chi connectivity index (χ1) is 9.77. The maximum absolute atomic E-state index is 12.2. The lowest BCUT2D eigenvalue weighted by Gasteiger charge is -2.19. The zero-order valence-electron chi connectivity index (χ0n) is 12.8. The largest absolute Gasteiger partial charge is 0.481 e. The van der Waals surface area contributed by atoms with Gasteiger partial charge in [-0.1, -0.05) is 32.9 Å². The molecule has 0 bridgehead atoms. The fraction of sp³-hybridized carbons (Fsp3) is 0.529. The number of rotatable bonds is 3. The number of carbonyl (C=O) groups excluding carboxylic acids is 1. The van der Waals surface area contributed by atoms with Crippen LogP contribution < -0.4 is 5.32 Å². The molecule has 4 nitrogen and oxygen atoms in total. The predicted molar refractivity (Wildman–Crippen MR) is 81.4 cm³/mol. The van der Waals surface area contributed by atoms with Crippen molar-refractivity contribution in [2.45, 2.75) is 51.5 Å². The van der Waals surface area contributed by atoms with E-state index in [2.05, 4.69) is 26.1 Å². The Labute approximate surface area is 125 Å². The molecule has 1 fully saturated rings. The van der Waals surface area contributed by atoms with Gasteiger partial charge in [0, 0.05) is 11.6 Å². The van der Waals surface area contributed by atoms with Crippen molar-refractivity contribution < 1.29 is 14.7 Å². The fourth-order valence-electron chi connectivity index (χ4n) is 2.73. The molecule has 2 atom stereocenters. The van der Waals surface area contributed by atoms with E-state index in [1.807, 2.05) is 24.3 Å². The SMILES string of the molecule is CC(C)(C)c1ccc(C(=O)N[C@@H]2CC[C@H](C(=O)O)C2)cc1. The van der Waals surface area contributed by atoms with Crippen LogP contribution in [0, 0.1) is 5.92 Å². The Morgan fingerprint density at radius 2 is 1.76 bits per heavy atom. The molecule has 0 heterocycles. The number of hydrogen-bond donors (Lipinski definition) is 2. The number of carboxylic acid groups (broad SMARTS) is 1. The summed E-state index contributed by atoms with van der Waals surface area (Å²) in [6, 6.07) is 7.59. The Bertz CT molecular complexity index is 528. The summed E-state index contributed by atoms with van der Waals surface area (Å²) in [5.41, 5.74) is 1.88. The van der Waals surface area contributed by atoms with Crippen LogP contribution in [0.25, 0.3) is 0 Å². The lowest BCUT2D eigenvalue weighted by atomic mass is 9.86. The van der Waals surface area contributed by atoms with Crippen LogP contribution in [0.15, 0.2) is 24.3 Å². The second-order valence-electron chi connectivity index (χ2n) is 6.85. The number of benzene rings is 1. The molecule has 0 aromatic heterocycles. The monoisotopic (exact) mass is 289 g/mol. The van der Waals surface area contributed by atoms with Crippen molar-refractivity contribution in [1.29, 1.82) is 0 Å². The molecule has 1 amide bonds. The summed E-state index contributed by atoms with van der Waals surface area (Å²) in [5, 5.41) is 11.9. The Kier molecular flexibility index (Phi) is 4.35. The molecule has 2 N–H and O–H groups in total. The van der Waals surface area contributed by atoms with E-state index >= 15 is 0 Å². The van der Waals surface area contributed by atoms with Crippen LogP contribution in [0.3, 0.4) is 0 Å². The number of amides is 1. The molecule has 0 saturated heterocycles. The maximum atomic E-state index is 12.2. The van der Waals surface area contributed by atoms with Crippen LogP contribution >= 0.6 is 0 Å². The van der Waals surface area contributed by atoms with Crippen LogP contribution in [0.4, 0.5) is 0 Å². The highest BCUT2D eigenvalue weighted by molar-refractivity contribution is 5.94. The first-order valence-electron chi connectivity index (χ1n) is 7.41. The Hall–Kier alpha value is -1.84. The van der Waals surface area contributed by atoms with E-state index in [0.717, 1.165) is 6.42 Å². The lowest BCUT2D eigenvalue weighted by molar-refractivity contribution is -0.141. The van der Waals surface area contributed by atoms with Crippen LogP contribution in [-0.2, 0) is 10.2 Å². The van der Waals surface area contributed by atoms with Gasteiger partial charge in [-0.3, -0.25) is 9.59 Å². The average molecular weight is 289 g/mol. The van der Waals surface area contributed by atoms with Crippen molar-refractivity contribution >= 4 is 11.9 Å². The minimum absolute atomic E-state index is 0.0270. The van der Waals surface area contributed by atoms with Gasteiger partial charge >= 0.3 is 5.97 Å². The second kappa shape index (κ2) is 5.88.